The Morgan fingerprint density at radius 1 is 0.810 bits per heavy atom. The molecule has 1 aliphatic carbocycles. The molecular weight excluding hydrogens is 282 g/mol. The Labute approximate surface area is 119 Å². The molecule has 21 heavy (non-hydrogen) atoms. The zero-order valence-electron chi connectivity index (χ0n) is 11.0. The Bertz CT molecular complexity index is 648. The third-order valence-corrected chi connectivity index (χ3v) is 3.87. The van der Waals surface area contributed by atoms with E-state index >= 15 is 0 Å². The minimum absolute atomic E-state index is 0.000542. The van der Waals surface area contributed by atoms with Crippen LogP contribution in [0, 0.1) is 23.3 Å². The summed E-state index contributed by atoms with van der Waals surface area (Å²) in [5.74, 6) is -3.86. The first-order chi connectivity index (χ1) is 10.0. The highest BCUT2D eigenvalue weighted by atomic mass is 19.2. The molecule has 0 saturated heterocycles. The first-order valence-electron chi connectivity index (χ1n) is 6.70. The number of benzene rings is 2. The Balaban J connectivity index is 1.62. The Morgan fingerprint density at radius 2 is 1.48 bits per heavy atom. The van der Waals surface area contributed by atoms with Gasteiger partial charge in [-0.05, 0) is 48.6 Å². The van der Waals surface area contributed by atoms with Gasteiger partial charge in [-0.1, -0.05) is 12.1 Å². The van der Waals surface area contributed by atoms with Gasteiger partial charge in [-0.15, -0.1) is 0 Å². The fourth-order valence-corrected chi connectivity index (χ4v) is 2.60. The topological polar surface area (TPSA) is 12.0 Å². The molecule has 2 aromatic carbocycles. The van der Waals surface area contributed by atoms with Crippen molar-refractivity contribution >= 4 is 5.69 Å². The Kier molecular flexibility index (Phi) is 3.57. The van der Waals surface area contributed by atoms with Crippen LogP contribution in [-0.2, 0) is 0 Å². The molecule has 3 rings (SSSR count). The second kappa shape index (κ2) is 5.39. The van der Waals surface area contributed by atoms with E-state index in [2.05, 4.69) is 5.32 Å². The molecule has 1 saturated carbocycles. The summed E-state index contributed by atoms with van der Waals surface area (Å²) >= 11 is 0. The summed E-state index contributed by atoms with van der Waals surface area (Å²) in [6, 6.07) is 8.37. The van der Waals surface area contributed by atoms with E-state index in [1.165, 1.54) is 18.2 Å². The van der Waals surface area contributed by atoms with E-state index in [0.717, 1.165) is 24.5 Å². The molecule has 5 heteroatoms. The first-order valence-corrected chi connectivity index (χ1v) is 6.70. The highest BCUT2D eigenvalue weighted by molar-refractivity contribution is 5.47. The third-order valence-electron chi connectivity index (χ3n) is 3.87. The average Bonchev–Trinajstić information content (AvgIpc) is 2.43. The number of anilines is 1. The third kappa shape index (κ3) is 2.73. The Hall–Kier alpha value is -2.04. The van der Waals surface area contributed by atoms with Gasteiger partial charge in [0.2, 0.25) is 0 Å². The standard InChI is InChI=1S/C16H13F4N/c17-11-3-1-9(2-4-11)10-7-12(8-10)21-14-6-5-13(18)15(19)16(14)20/h1-6,10,12,21H,7-8H2. The van der Waals surface area contributed by atoms with Crippen molar-refractivity contribution in [1.29, 1.82) is 0 Å². The molecule has 0 heterocycles. The maximum absolute atomic E-state index is 13.5. The summed E-state index contributed by atoms with van der Waals surface area (Å²) < 4.78 is 52.3. The number of nitrogens with one attached hydrogen (secondary N) is 1. The number of halogens is 4. The van der Waals surface area contributed by atoms with E-state index < -0.39 is 17.5 Å². The molecule has 0 aliphatic heterocycles. The molecule has 2 aromatic rings. The lowest BCUT2D eigenvalue weighted by Gasteiger charge is -2.37. The molecule has 0 atom stereocenters. The summed E-state index contributed by atoms with van der Waals surface area (Å²) in [6.45, 7) is 0. The van der Waals surface area contributed by atoms with Crippen LogP contribution in [0.4, 0.5) is 23.2 Å². The van der Waals surface area contributed by atoms with E-state index in [0.29, 0.717) is 0 Å². The molecule has 1 nitrogen and oxygen atoms in total. The predicted molar refractivity (Wildman–Crippen MR) is 72.1 cm³/mol. The summed E-state index contributed by atoms with van der Waals surface area (Å²) in [5, 5.41) is 2.87. The van der Waals surface area contributed by atoms with Gasteiger partial charge < -0.3 is 5.32 Å². The highest BCUT2D eigenvalue weighted by Crippen LogP contribution is 2.39. The van der Waals surface area contributed by atoms with E-state index in [1.807, 2.05) is 0 Å². The Morgan fingerprint density at radius 3 is 2.14 bits per heavy atom. The van der Waals surface area contributed by atoms with Crippen molar-refractivity contribution in [3.8, 4) is 0 Å². The number of rotatable bonds is 3. The van der Waals surface area contributed by atoms with E-state index in [-0.39, 0.29) is 23.5 Å². The highest BCUT2D eigenvalue weighted by Gasteiger charge is 2.31. The van der Waals surface area contributed by atoms with Gasteiger partial charge in [0, 0.05) is 6.04 Å². The molecule has 1 N–H and O–H groups in total. The lowest BCUT2D eigenvalue weighted by molar-refractivity contribution is 0.371. The van der Waals surface area contributed by atoms with E-state index in [9.17, 15) is 17.6 Å². The van der Waals surface area contributed by atoms with Crippen LogP contribution < -0.4 is 5.32 Å². The van der Waals surface area contributed by atoms with Gasteiger partial charge in [0.05, 0.1) is 5.69 Å². The van der Waals surface area contributed by atoms with Crippen molar-refractivity contribution < 1.29 is 17.6 Å². The first kappa shape index (κ1) is 13.9. The van der Waals surface area contributed by atoms with Crippen molar-refractivity contribution in [2.75, 3.05) is 5.32 Å². The molecule has 0 unspecified atom stereocenters. The van der Waals surface area contributed by atoms with Crippen LogP contribution in [0.2, 0.25) is 0 Å². The van der Waals surface area contributed by atoms with Gasteiger partial charge in [0.1, 0.15) is 5.82 Å². The molecule has 110 valence electrons. The van der Waals surface area contributed by atoms with Gasteiger partial charge in [-0.2, -0.15) is 0 Å². The maximum Gasteiger partial charge on any atom is 0.196 e. The van der Waals surface area contributed by atoms with Crippen LogP contribution in [0.5, 0.6) is 0 Å². The zero-order valence-corrected chi connectivity index (χ0v) is 11.0. The molecule has 0 amide bonds. The normalized spacial score (nSPS) is 21.0. The van der Waals surface area contributed by atoms with Crippen LogP contribution >= 0.6 is 0 Å². The molecule has 1 fully saturated rings. The molecular formula is C16H13F4N. The minimum Gasteiger partial charge on any atom is -0.380 e. The summed E-state index contributed by atoms with van der Waals surface area (Å²) in [6.07, 6.45) is 1.48. The molecule has 1 aliphatic rings. The lowest BCUT2D eigenvalue weighted by Crippen LogP contribution is -2.34. The van der Waals surface area contributed by atoms with Gasteiger partial charge >= 0.3 is 0 Å². The van der Waals surface area contributed by atoms with Crippen molar-refractivity contribution in [3.05, 3.63) is 65.2 Å². The lowest BCUT2D eigenvalue weighted by atomic mass is 9.76. The summed E-state index contributed by atoms with van der Waals surface area (Å²) in [5.41, 5.74) is 0.997. The predicted octanol–water partition coefficient (Wildman–Crippen LogP) is 4.60. The van der Waals surface area contributed by atoms with E-state index in [1.54, 1.807) is 12.1 Å². The summed E-state index contributed by atoms with van der Waals surface area (Å²) in [4.78, 5) is 0. The number of hydrogen-bond donors (Lipinski definition) is 1. The van der Waals surface area contributed by atoms with Gasteiger partial charge in [0.15, 0.2) is 17.5 Å². The fraction of sp³-hybridized carbons (Fsp3) is 0.250. The molecule has 0 aromatic heterocycles. The molecule has 0 spiro atoms. The van der Waals surface area contributed by atoms with Crippen LogP contribution in [0.3, 0.4) is 0 Å². The minimum atomic E-state index is -1.46. The van der Waals surface area contributed by atoms with E-state index in [4.69, 9.17) is 0 Å². The van der Waals surface area contributed by atoms with Gasteiger partial charge in [0.25, 0.3) is 0 Å². The largest absolute Gasteiger partial charge is 0.380 e. The van der Waals surface area contributed by atoms with Crippen molar-refractivity contribution in [2.24, 2.45) is 0 Å². The molecule has 0 bridgehead atoms. The van der Waals surface area contributed by atoms with Gasteiger partial charge in [-0.25, -0.2) is 17.6 Å². The van der Waals surface area contributed by atoms with Crippen molar-refractivity contribution in [3.63, 3.8) is 0 Å². The summed E-state index contributed by atoms with van der Waals surface area (Å²) in [7, 11) is 0. The van der Waals surface area contributed by atoms with Crippen LogP contribution in [-0.4, -0.2) is 6.04 Å². The second-order valence-corrected chi connectivity index (χ2v) is 5.28. The van der Waals surface area contributed by atoms with Crippen molar-refractivity contribution in [2.45, 2.75) is 24.8 Å². The zero-order chi connectivity index (χ0) is 15.0. The quantitative estimate of drug-likeness (QED) is 0.644. The van der Waals surface area contributed by atoms with Crippen LogP contribution in [0.1, 0.15) is 24.3 Å². The fourth-order valence-electron chi connectivity index (χ4n) is 2.60. The van der Waals surface area contributed by atoms with Crippen LogP contribution in [0.25, 0.3) is 0 Å². The maximum atomic E-state index is 13.5. The second-order valence-electron chi connectivity index (χ2n) is 5.28. The smallest absolute Gasteiger partial charge is 0.196 e. The number of hydrogen-bond acceptors (Lipinski definition) is 1. The average molecular weight is 295 g/mol. The molecule has 0 radical (unpaired) electrons. The van der Waals surface area contributed by atoms with Crippen molar-refractivity contribution in [1.82, 2.24) is 0 Å². The SMILES string of the molecule is Fc1ccc(C2CC(Nc3ccc(F)c(F)c3F)C2)cc1. The van der Waals surface area contributed by atoms with Gasteiger partial charge in [-0.3, -0.25) is 0 Å². The van der Waals surface area contributed by atoms with Crippen LogP contribution in [0.15, 0.2) is 36.4 Å². The monoisotopic (exact) mass is 295 g/mol.